The minimum Gasteiger partial charge on any atom is -0.450 e. The fourth-order valence-corrected chi connectivity index (χ4v) is 0.358. The fourth-order valence-electron chi connectivity index (χ4n) is 0.358. The molecular formula is C8H15NO5. The van der Waals surface area contributed by atoms with Crippen LogP contribution in [0.15, 0.2) is 12.7 Å². The number of ether oxygens (including phenoxy) is 2. The van der Waals surface area contributed by atoms with Gasteiger partial charge in [-0.15, -0.1) is 0 Å². The van der Waals surface area contributed by atoms with Crippen molar-refractivity contribution in [2.75, 3.05) is 6.61 Å². The first-order valence-electron chi connectivity index (χ1n) is 3.87. The van der Waals surface area contributed by atoms with Gasteiger partial charge in [-0.2, -0.15) is 0 Å². The number of primary amides is 1. The van der Waals surface area contributed by atoms with Gasteiger partial charge in [-0.3, -0.25) is 0 Å². The van der Waals surface area contributed by atoms with E-state index in [9.17, 15) is 9.59 Å². The van der Waals surface area contributed by atoms with Crippen LogP contribution in [0.5, 0.6) is 0 Å². The third kappa shape index (κ3) is 16.8. The van der Waals surface area contributed by atoms with Crippen molar-refractivity contribution in [2.45, 2.75) is 20.1 Å². The van der Waals surface area contributed by atoms with Crippen LogP contribution in [-0.2, 0) is 14.3 Å². The molecule has 0 saturated heterocycles. The summed E-state index contributed by atoms with van der Waals surface area (Å²) in [6, 6.07) is 0. The van der Waals surface area contributed by atoms with Crippen molar-refractivity contribution in [1.29, 1.82) is 0 Å². The standard InChI is InChI=1S/C5H8O3.C3H7NO2/c1-3-5(7)8-4(2)6;1-2-6-3(4)5/h3-4,6H,1H2,2H3;2H2,1H3,(H2,4,5). The van der Waals surface area contributed by atoms with E-state index in [1.54, 1.807) is 6.92 Å². The molecule has 0 saturated carbocycles. The van der Waals surface area contributed by atoms with Gasteiger partial charge in [0.25, 0.3) is 0 Å². The van der Waals surface area contributed by atoms with Gasteiger partial charge in [0.1, 0.15) is 0 Å². The average molecular weight is 205 g/mol. The molecule has 1 amide bonds. The number of hydrogen-bond acceptors (Lipinski definition) is 5. The lowest BCUT2D eigenvalue weighted by atomic mass is 10.6. The molecule has 1 atom stereocenters. The van der Waals surface area contributed by atoms with Gasteiger partial charge in [0, 0.05) is 6.08 Å². The zero-order valence-electron chi connectivity index (χ0n) is 8.23. The predicted molar refractivity (Wildman–Crippen MR) is 49.2 cm³/mol. The predicted octanol–water partition coefficient (Wildman–Crippen LogP) is 0.155. The lowest BCUT2D eigenvalue weighted by molar-refractivity contribution is -0.158. The van der Waals surface area contributed by atoms with Gasteiger partial charge in [0.2, 0.25) is 0 Å². The van der Waals surface area contributed by atoms with Crippen molar-refractivity contribution in [3.8, 4) is 0 Å². The maximum atomic E-state index is 10.1. The zero-order valence-corrected chi connectivity index (χ0v) is 8.23. The molecule has 0 aliphatic heterocycles. The third-order valence-corrected chi connectivity index (χ3v) is 0.740. The van der Waals surface area contributed by atoms with Gasteiger partial charge >= 0.3 is 12.1 Å². The van der Waals surface area contributed by atoms with Gasteiger partial charge in [0.15, 0.2) is 6.29 Å². The van der Waals surface area contributed by atoms with Crippen molar-refractivity contribution >= 4 is 12.1 Å². The Morgan fingerprint density at radius 1 is 1.64 bits per heavy atom. The second kappa shape index (κ2) is 9.53. The number of carbonyl (C=O) groups excluding carboxylic acids is 2. The number of carbonyl (C=O) groups is 2. The van der Waals surface area contributed by atoms with Crippen LogP contribution in [0.25, 0.3) is 0 Å². The van der Waals surface area contributed by atoms with Crippen LogP contribution in [0.2, 0.25) is 0 Å². The van der Waals surface area contributed by atoms with Crippen LogP contribution in [0.1, 0.15) is 13.8 Å². The maximum Gasteiger partial charge on any atom is 0.404 e. The van der Waals surface area contributed by atoms with Gasteiger partial charge in [-0.1, -0.05) is 6.58 Å². The molecule has 0 bridgehead atoms. The molecule has 0 fully saturated rings. The smallest absolute Gasteiger partial charge is 0.404 e. The Kier molecular flexibility index (Phi) is 10.2. The van der Waals surface area contributed by atoms with Gasteiger partial charge in [-0.05, 0) is 13.8 Å². The lowest BCUT2D eigenvalue weighted by Gasteiger charge is -2.01. The van der Waals surface area contributed by atoms with E-state index in [2.05, 4.69) is 21.8 Å². The van der Waals surface area contributed by atoms with Gasteiger partial charge < -0.3 is 20.3 Å². The van der Waals surface area contributed by atoms with Crippen molar-refractivity contribution in [3.63, 3.8) is 0 Å². The minimum atomic E-state index is -1.04. The summed E-state index contributed by atoms with van der Waals surface area (Å²) in [7, 11) is 0. The third-order valence-electron chi connectivity index (χ3n) is 0.740. The number of aliphatic hydroxyl groups is 1. The first-order chi connectivity index (χ1) is 6.43. The van der Waals surface area contributed by atoms with Crippen LogP contribution in [0.3, 0.4) is 0 Å². The molecule has 6 heteroatoms. The normalized spacial score (nSPS) is 10.2. The van der Waals surface area contributed by atoms with Crippen molar-refractivity contribution in [1.82, 2.24) is 0 Å². The van der Waals surface area contributed by atoms with E-state index in [-0.39, 0.29) is 0 Å². The molecule has 0 radical (unpaired) electrons. The van der Waals surface area contributed by atoms with E-state index < -0.39 is 18.4 Å². The van der Waals surface area contributed by atoms with Crippen LogP contribution in [0, 0.1) is 0 Å². The maximum absolute atomic E-state index is 10.1. The molecule has 0 rings (SSSR count). The van der Waals surface area contributed by atoms with E-state index in [1.165, 1.54) is 6.92 Å². The van der Waals surface area contributed by atoms with E-state index in [1.807, 2.05) is 0 Å². The number of aliphatic hydroxyl groups excluding tert-OH is 1. The molecular weight excluding hydrogens is 190 g/mol. The highest BCUT2D eigenvalue weighted by Gasteiger charge is 1.97. The Labute approximate surface area is 82.3 Å². The van der Waals surface area contributed by atoms with Gasteiger partial charge in [-0.25, -0.2) is 9.59 Å². The van der Waals surface area contributed by atoms with Crippen molar-refractivity contribution in [3.05, 3.63) is 12.7 Å². The van der Waals surface area contributed by atoms with Crippen LogP contribution >= 0.6 is 0 Å². The summed E-state index contributed by atoms with van der Waals surface area (Å²) in [5, 5.41) is 8.36. The number of nitrogens with two attached hydrogens (primary N) is 1. The molecule has 82 valence electrons. The largest absolute Gasteiger partial charge is 0.450 e. The lowest BCUT2D eigenvalue weighted by Crippen LogP contribution is -2.11. The quantitative estimate of drug-likeness (QED) is 0.388. The summed E-state index contributed by atoms with van der Waals surface area (Å²) in [5.74, 6) is -0.611. The molecule has 0 aromatic heterocycles. The summed E-state index contributed by atoms with van der Waals surface area (Å²) >= 11 is 0. The highest BCUT2D eigenvalue weighted by atomic mass is 16.6. The highest BCUT2D eigenvalue weighted by molar-refractivity contribution is 5.81. The Morgan fingerprint density at radius 3 is 2.21 bits per heavy atom. The molecule has 0 spiro atoms. The van der Waals surface area contributed by atoms with E-state index in [0.717, 1.165) is 6.08 Å². The summed E-state index contributed by atoms with van der Waals surface area (Å²) in [6.45, 7) is 6.53. The number of hydrogen-bond donors (Lipinski definition) is 2. The minimum absolute atomic E-state index is 0.356. The molecule has 0 aliphatic rings. The molecule has 0 aliphatic carbocycles. The molecule has 1 unspecified atom stereocenters. The Morgan fingerprint density at radius 2 is 2.14 bits per heavy atom. The monoisotopic (exact) mass is 205 g/mol. The Hall–Kier alpha value is -1.56. The first-order valence-corrected chi connectivity index (χ1v) is 3.87. The van der Waals surface area contributed by atoms with Crippen LogP contribution in [0.4, 0.5) is 4.79 Å². The molecule has 3 N–H and O–H groups in total. The second-order valence-corrected chi connectivity index (χ2v) is 1.99. The summed E-state index contributed by atoms with van der Waals surface area (Å²) < 4.78 is 8.38. The van der Waals surface area contributed by atoms with E-state index >= 15 is 0 Å². The van der Waals surface area contributed by atoms with E-state index in [0.29, 0.717) is 6.61 Å². The Balaban J connectivity index is 0. The SMILES string of the molecule is C=CC(=O)OC(C)O.CCOC(N)=O. The van der Waals surface area contributed by atoms with E-state index in [4.69, 9.17) is 5.11 Å². The first kappa shape index (κ1) is 14.9. The summed E-state index contributed by atoms with van der Waals surface area (Å²) in [6.07, 6.45) is -0.759. The Bertz CT molecular complexity index is 190. The molecule has 0 aromatic carbocycles. The topological polar surface area (TPSA) is 98.8 Å². The summed E-state index contributed by atoms with van der Waals surface area (Å²) in [5.41, 5.74) is 4.54. The summed E-state index contributed by atoms with van der Waals surface area (Å²) in [4.78, 5) is 19.7. The average Bonchev–Trinajstić information content (AvgIpc) is 2.03. The number of rotatable bonds is 3. The molecule has 0 aromatic rings. The van der Waals surface area contributed by atoms with Crippen LogP contribution in [-0.4, -0.2) is 30.1 Å². The zero-order chi connectivity index (χ0) is 11.6. The molecule has 0 heterocycles. The highest BCUT2D eigenvalue weighted by Crippen LogP contribution is 1.84. The van der Waals surface area contributed by atoms with Crippen molar-refractivity contribution in [2.24, 2.45) is 5.73 Å². The van der Waals surface area contributed by atoms with Crippen LogP contribution < -0.4 is 5.73 Å². The van der Waals surface area contributed by atoms with Gasteiger partial charge in [0.05, 0.1) is 6.61 Å². The second-order valence-electron chi connectivity index (χ2n) is 1.99. The van der Waals surface area contributed by atoms with Crippen molar-refractivity contribution < 1.29 is 24.2 Å². The number of esters is 1. The fraction of sp³-hybridized carbons (Fsp3) is 0.500. The number of amides is 1. The molecule has 14 heavy (non-hydrogen) atoms. The molecule has 6 nitrogen and oxygen atoms in total.